The van der Waals surface area contributed by atoms with Gasteiger partial charge in [0.25, 0.3) is 0 Å². The summed E-state index contributed by atoms with van der Waals surface area (Å²) in [4.78, 5) is 11.0. The second-order valence-corrected chi connectivity index (χ2v) is 4.37. The van der Waals surface area contributed by atoms with E-state index in [0.717, 1.165) is 4.47 Å². The fourth-order valence-electron chi connectivity index (χ4n) is 1.26. The molecule has 0 bridgehead atoms. The molecular weight excluding hydrogens is 277 g/mol. The second kappa shape index (κ2) is 5.84. The first kappa shape index (κ1) is 13.0. The summed E-state index contributed by atoms with van der Waals surface area (Å²) >= 11 is 3.25. The number of anilines is 1. The Morgan fingerprint density at radius 2 is 2.31 bits per heavy atom. The molecule has 1 unspecified atom stereocenters. The molecule has 0 aliphatic heterocycles. The van der Waals surface area contributed by atoms with Gasteiger partial charge in [-0.3, -0.25) is 4.79 Å². The number of methoxy groups -OCH3 is 1. The highest BCUT2D eigenvalue weighted by Gasteiger charge is 2.11. The highest BCUT2D eigenvalue weighted by Crippen LogP contribution is 2.21. The van der Waals surface area contributed by atoms with Crippen molar-refractivity contribution in [2.75, 3.05) is 12.4 Å². The molecule has 0 radical (unpaired) electrons. The molecule has 0 aliphatic carbocycles. The Labute approximate surface area is 102 Å². The molecule has 16 heavy (non-hydrogen) atoms. The van der Waals surface area contributed by atoms with Gasteiger partial charge in [-0.05, 0) is 25.1 Å². The summed E-state index contributed by atoms with van der Waals surface area (Å²) in [6, 6.07) is 4.42. The number of nitrogens with one attached hydrogen (secondary N) is 1. The van der Waals surface area contributed by atoms with Crippen molar-refractivity contribution in [3.8, 4) is 0 Å². The second-order valence-electron chi connectivity index (χ2n) is 3.45. The molecule has 1 aromatic rings. The summed E-state index contributed by atoms with van der Waals surface area (Å²) in [6.07, 6.45) is 0.197. The van der Waals surface area contributed by atoms with Crippen LogP contribution in [0.1, 0.15) is 13.3 Å². The molecule has 0 spiro atoms. The molecule has 0 amide bonds. The number of halogens is 2. The van der Waals surface area contributed by atoms with Crippen molar-refractivity contribution < 1.29 is 13.9 Å². The molecular formula is C11H13BrFNO2. The van der Waals surface area contributed by atoms with E-state index in [-0.39, 0.29) is 24.2 Å². The molecule has 1 N–H and O–H groups in total. The van der Waals surface area contributed by atoms with Crippen LogP contribution in [-0.4, -0.2) is 19.1 Å². The fourth-order valence-corrected chi connectivity index (χ4v) is 1.62. The van der Waals surface area contributed by atoms with Crippen molar-refractivity contribution >= 4 is 27.6 Å². The molecule has 0 aliphatic rings. The maximum atomic E-state index is 13.3. The van der Waals surface area contributed by atoms with Crippen molar-refractivity contribution in [2.24, 2.45) is 0 Å². The highest BCUT2D eigenvalue weighted by molar-refractivity contribution is 9.10. The number of hydrogen-bond donors (Lipinski definition) is 1. The SMILES string of the molecule is COC(=O)CC(C)Nc1cc(Br)ccc1F. The lowest BCUT2D eigenvalue weighted by molar-refractivity contribution is -0.140. The van der Waals surface area contributed by atoms with Gasteiger partial charge in [-0.1, -0.05) is 15.9 Å². The van der Waals surface area contributed by atoms with Gasteiger partial charge in [-0.15, -0.1) is 0 Å². The molecule has 88 valence electrons. The van der Waals surface area contributed by atoms with Gasteiger partial charge in [-0.2, -0.15) is 0 Å². The van der Waals surface area contributed by atoms with E-state index in [1.807, 2.05) is 0 Å². The Hall–Kier alpha value is -1.10. The van der Waals surface area contributed by atoms with Crippen molar-refractivity contribution in [2.45, 2.75) is 19.4 Å². The van der Waals surface area contributed by atoms with E-state index in [1.54, 1.807) is 19.1 Å². The van der Waals surface area contributed by atoms with E-state index in [1.165, 1.54) is 13.2 Å². The standard InChI is InChI=1S/C11H13BrFNO2/c1-7(5-11(15)16-2)14-10-6-8(12)3-4-9(10)13/h3-4,6-7,14H,5H2,1-2H3. The van der Waals surface area contributed by atoms with Crippen molar-refractivity contribution in [3.63, 3.8) is 0 Å². The van der Waals surface area contributed by atoms with Crippen molar-refractivity contribution in [3.05, 3.63) is 28.5 Å². The first-order chi connectivity index (χ1) is 7.52. The van der Waals surface area contributed by atoms with E-state index in [4.69, 9.17) is 0 Å². The monoisotopic (exact) mass is 289 g/mol. The first-order valence-corrected chi connectivity index (χ1v) is 5.60. The van der Waals surface area contributed by atoms with Crippen LogP contribution in [0, 0.1) is 5.82 Å². The Balaban J connectivity index is 2.65. The molecule has 0 aromatic heterocycles. The van der Waals surface area contributed by atoms with Gasteiger partial charge < -0.3 is 10.1 Å². The molecule has 1 rings (SSSR count). The van der Waals surface area contributed by atoms with E-state index >= 15 is 0 Å². The summed E-state index contributed by atoms with van der Waals surface area (Å²) < 4.78 is 18.7. The Kier molecular flexibility index (Phi) is 4.73. The van der Waals surface area contributed by atoms with Gasteiger partial charge in [0, 0.05) is 10.5 Å². The minimum absolute atomic E-state index is 0.184. The minimum atomic E-state index is -0.347. The summed E-state index contributed by atoms with van der Waals surface area (Å²) in [5, 5.41) is 2.91. The normalized spacial score (nSPS) is 12.0. The van der Waals surface area contributed by atoms with E-state index in [0.29, 0.717) is 5.69 Å². The highest BCUT2D eigenvalue weighted by atomic mass is 79.9. The number of carbonyl (C=O) groups excluding carboxylic acids is 1. The Bertz CT molecular complexity index is 384. The zero-order valence-corrected chi connectivity index (χ0v) is 10.7. The van der Waals surface area contributed by atoms with Gasteiger partial charge in [0.2, 0.25) is 0 Å². The van der Waals surface area contributed by atoms with E-state index in [2.05, 4.69) is 26.0 Å². The molecule has 0 heterocycles. The zero-order valence-electron chi connectivity index (χ0n) is 9.09. The van der Waals surface area contributed by atoms with Crippen LogP contribution in [-0.2, 0) is 9.53 Å². The molecule has 5 heteroatoms. The Morgan fingerprint density at radius 3 is 2.94 bits per heavy atom. The molecule has 3 nitrogen and oxygen atoms in total. The van der Waals surface area contributed by atoms with Crippen LogP contribution < -0.4 is 5.32 Å². The minimum Gasteiger partial charge on any atom is -0.469 e. The maximum absolute atomic E-state index is 13.3. The molecule has 0 saturated heterocycles. The number of esters is 1. The third-order valence-corrected chi connectivity index (χ3v) is 2.52. The summed E-state index contributed by atoms with van der Waals surface area (Å²) in [5.74, 6) is -0.671. The van der Waals surface area contributed by atoms with Gasteiger partial charge in [-0.25, -0.2) is 4.39 Å². The summed E-state index contributed by atoms with van der Waals surface area (Å²) in [5.41, 5.74) is 0.366. The van der Waals surface area contributed by atoms with E-state index in [9.17, 15) is 9.18 Å². The third kappa shape index (κ3) is 3.81. The molecule has 1 aromatic carbocycles. The quantitative estimate of drug-likeness (QED) is 0.866. The van der Waals surface area contributed by atoms with Gasteiger partial charge >= 0.3 is 5.97 Å². The third-order valence-electron chi connectivity index (χ3n) is 2.03. The lowest BCUT2D eigenvalue weighted by Crippen LogP contribution is -2.20. The average Bonchev–Trinajstić information content (AvgIpc) is 2.23. The summed E-state index contributed by atoms with van der Waals surface area (Å²) in [6.45, 7) is 1.79. The summed E-state index contributed by atoms with van der Waals surface area (Å²) in [7, 11) is 1.33. The Morgan fingerprint density at radius 1 is 1.62 bits per heavy atom. The number of ether oxygens (including phenoxy) is 1. The van der Waals surface area contributed by atoms with Crippen LogP contribution in [0.15, 0.2) is 22.7 Å². The van der Waals surface area contributed by atoms with Crippen LogP contribution in [0.5, 0.6) is 0 Å². The first-order valence-electron chi connectivity index (χ1n) is 4.81. The van der Waals surface area contributed by atoms with E-state index < -0.39 is 0 Å². The van der Waals surface area contributed by atoms with Crippen molar-refractivity contribution in [1.29, 1.82) is 0 Å². The maximum Gasteiger partial charge on any atom is 0.307 e. The number of rotatable bonds is 4. The van der Waals surface area contributed by atoms with Gasteiger partial charge in [0.1, 0.15) is 5.82 Å². The predicted molar refractivity (Wildman–Crippen MR) is 63.8 cm³/mol. The number of benzene rings is 1. The number of carbonyl (C=O) groups is 1. The molecule has 0 saturated carbocycles. The van der Waals surface area contributed by atoms with Crippen LogP contribution in [0.25, 0.3) is 0 Å². The smallest absolute Gasteiger partial charge is 0.307 e. The van der Waals surface area contributed by atoms with Crippen LogP contribution in [0.2, 0.25) is 0 Å². The number of hydrogen-bond acceptors (Lipinski definition) is 3. The molecule has 1 atom stereocenters. The lowest BCUT2D eigenvalue weighted by Gasteiger charge is -2.14. The van der Waals surface area contributed by atoms with Gasteiger partial charge in [0.15, 0.2) is 0 Å². The fraction of sp³-hybridized carbons (Fsp3) is 0.364. The van der Waals surface area contributed by atoms with Crippen LogP contribution in [0.3, 0.4) is 0 Å². The average molecular weight is 290 g/mol. The predicted octanol–water partition coefficient (Wildman–Crippen LogP) is 2.95. The van der Waals surface area contributed by atoms with Crippen LogP contribution in [0.4, 0.5) is 10.1 Å². The molecule has 0 fully saturated rings. The van der Waals surface area contributed by atoms with Gasteiger partial charge in [0.05, 0.1) is 19.2 Å². The largest absolute Gasteiger partial charge is 0.469 e. The zero-order chi connectivity index (χ0) is 12.1. The lowest BCUT2D eigenvalue weighted by atomic mass is 10.2. The van der Waals surface area contributed by atoms with Crippen molar-refractivity contribution in [1.82, 2.24) is 0 Å². The van der Waals surface area contributed by atoms with Crippen LogP contribution >= 0.6 is 15.9 Å². The topological polar surface area (TPSA) is 38.3 Å².